The van der Waals surface area contributed by atoms with Crippen LogP contribution in [0.5, 0.6) is 11.5 Å². The highest BCUT2D eigenvalue weighted by molar-refractivity contribution is 6.33. The van der Waals surface area contributed by atoms with Crippen molar-refractivity contribution < 1.29 is 15.0 Å². The Kier molecular flexibility index (Phi) is 5.56. The number of rotatable bonds is 4. The van der Waals surface area contributed by atoms with Crippen molar-refractivity contribution in [2.24, 2.45) is 5.10 Å². The van der Waals surface area contributed by atoms with Crippen molar-refractivity contribution in [3.8, 4) is 22.8 Å². The van der Waals surface area contributed by atoms with E-state index < -0.39 is 5.91 Å². The van der Waals surface area contributed by atoms with Gasteiger partial charge in [0.1, 0.15) is 11.5 Å². The van der Waals surface area contributed by atoms with Gasteiger partial charge in [-0.3, -0.25) is 4.79 Å². The minimum absolute atomic E-state index is 0.0616. The highest BCUT2D eigenvalue weighted by Crippen LogP contribution is 2.30. The zero-order valence-electron chi connectivity index (χ0n) is 16.5. The van der Waals surface area contributed by atoms with Crippen LogP contribution in [0.3, 0.4) is 0 Å². The molecule has 0 radical (unpaired) electrons. The minimum atomic E-state index is -0.426. The maximum Gasteiger partial charge on any atom is 0.272 e. The first-order valence-electron chi connectivity index (χ1n) is 9.45. The number of hydrogen-bond donors (Lipinski definition) is 3. The largest absolute Gasteiger partial charge is 0.508 e. The molecule has 0 saturated heterocycles. The lowest BCUT2D eigenvalue weighted by atomic mass is 10.0. The third-order valence-electron chi connectivity index (χ3n) is 4.81. The van der Waals surface area contributed by atoms with Crippen LogP contribution in [0, 0.1) is 0 Å². The van der Waals surface area contributed by atoms with E-state index in [0.29, 0.717) is 38.5 Å². The van der Waals surface area contributed by atoms with E-state index in [-0.39, 0.29) is 11.5 Å². The van der Waals surface area contributed by atoms with E-state index in [0.717, 1.165) is 5.56 Å². The number of halogens is 1. The van der Waals surface area contributed by atoms with Crippen LogP contribution < -0.4 is 5.43 Å². The monoisotopic (exact) mass is 431 g/mol. The molecule has 0 saturated carbocycles. The molecule has 3 aromatic carbocycles. The van der Waals surface area contributed by atoms with Crippen LogP contribution in [0.15, 0.2) is 77.9 Å². The Bertz CT molecular complexity index is 1330. The van der Waals surface area contributed by atoms with Crippen molar-refractivity contribution >= 4 is 34.1 Å². The molecule has 0 aliphatic heterocycles. The van der Waals surface area contributed by atoms with Gasteiger partial charge in [0.15, 0.2) is 0 Å². The second kappa shape index (κ2) is 8.45. The summed E-state index contributed by atoms with van der Waals surface area (Å²) in [6.07, 6.45) is 0. The number of phenolic OH excluding ortho intramolecular Hbond substituents is 2. The second-order valence-corrected chi connectivity index (χ2v) is 7.30. The van der Waals surface area contributed by atoms with E-state index >= 15 is 0 Å². The smallest absolute Gasteiger partial charge is 0.272 e. The molecule has 4 aromatic rings. The molecule has 154 valence electrons. The Morgan fingerprint density at radius 1 is 0.968 bits per heavy atom. The zero-order chi connectivity index (χ0) is 22.0. The number of aromatic nitrogens is 1. The van der Waals surface area contributed by atoms with Crippen molar-refractivity contribution in [2.75, 3.05) is 0 Å². The molecule has 1 heterocycles. The quantitative estimate of drug-likeness (QED) is 0.308. The number of benzene rings is 3. The van der Waals surface area contributed by atoms with Crippen LogP contribution in [0.4, 0.5) is 0 Å². The van der Waals surface area contributed by atoms with Gasteiger partial charge in [0.2, 0.25) is 0 Å². The highest BCUT2D eigenvalue weighted by Gasteiger charge is 2.15. The zero-order valence-corrected chi connectivity index (χ0v) is 17.3. The third-order valence-corrected chi connectivity index (χ3v) is 5.14. The Hall–Kier alpha value is -3.90. The summed E-state index contributed by atoms with van der Waals surface area (Å²) in [7, 11) is 0. The molecular weight excluding hydrogens is 414 g/mol. The first kappa shape index (κ1) is 20.4. The van der Waals surface area contributed by atoms with Crippen LogP contribution in [0.25, 0.3) is 22.2 Å². The molecule has 31 heavy (non-hydrogen) atoms. The van der Waals surface area contributed by atoms with E-state index in [1.807, 2.05) is 42.5 Å². The van der Waals surface area contributed by atoms with Crippen LogP contribution in [0.2, 0.25) is 5.02 Å². The van der Waals surface area contributed by atoms with Gasteiger partial charge in [-0.15, -0.1) is 0 Å². The summed E-state index contributed by atoms with van der Waals surface area (Å²) in [5.74, 6) is -0.621. The first-order valence-corrected chi connectivity index (χ1v) is 9.83. The van der Waals surface area contributed by atoms with Crippen LogP contribution in [-0.4, -0.2) is 26.8 Å². The van der Waals surface area contributed by atoms with Crippen molar-refractivity contribution in [2.45, 2.75) is 6.92 Å². The molecule has 0 aliphatic rings. The number of carbonyl (C=O) groups excluding carboxylic acids is 1. The van der Waals surface area contributed by atoms with Gasteiger partial charge in [-0.25, -0.2) is 10.4 Å². The van der Waals surface area contributed by atoms with Gasteiger partial charge in [-0.2, -0.15) is 5.10 Å². The van der Waals surface area contributed by atoms with Gasteiger partial charge >= 0.3 is 0 Å². The Labute approximate surface area is 183 Å². The van der Waals surface area contributed by atoms with Gasteiger partial charge < -0.3 is 10.2 Å². The summed E-state index contributed by atoms with van der Waals surface area (Å²) in [5, 5.41) is 24.8. The molecule has 0 fully saturated rings. The Balaban J connectivity index is 1.73. The number of amides is 1. The fraction of sp³-hybridized carbons (Fsp3) is 0.0417. The summed E-state index contributed by atoms with van der Waals surface area (Å²) < 4.78 is 0. The maximum absolute atomic E-state index is 13.0. The number of para-hydroxylation sites is 1. The molecule has 0 unspecified atom stereocenters. The number of hydrogen-bond acceptors (Lipinski definition) is 5. The summed E-state index contributed by atoms with van der Waals surface area (Å²) in [6, 6.07) is 20.5. The highest BCUT2D eigenvalue weighted by atomic mass is 35.5. The maximum atomic E-state index is 13.0. The standard InChI is InChI=1S/C24H18ClN3O3/c1-14(16-11-10-15(29)12-23(16)30)27-28-24(31)19-13-22(18-7-2-4-8-20(18)25)26-21-9-5-3-6-17(19)21/h2-13,29-30H,1H3,(H,28,31)/b27-14+. The van der Waals surface area contributed by atoms with Crippen LogP contribution in [0.1, 0.15) is 22.8 Å². The van der Waals surface area contributed by atoms with E-state index in [2.05, 4.69) is 15.5 Å². The predicted molar refractivity (Wildman–Crippen MR) is 122 cm³/mol. The van der Waals surface area contributed by atoms with E-state index in [4.69, 9.17) is 11.6 Å². The summed E-state index contributed by atoms with van der Waals surface area (Å²) in [4.78, 5) is 17.7. The van der Waals surface area contributed by atoms with E-state index in [9.17, 15) is 15.0 Å². The Morgan fingerprint density at radius 2 is 1.71 bits per heavy atom. The van der Waals surface area contributed by atoms with Crippen molar-refractivity contribution in [3.63, 3.8) is 0 Å². The second-order valence-electron chi connectivity index (χ2n) is 6.89. The third kappa shape index (κ3) is 4.20. The molecule has 6 nitrogen and oxygen atoms in total. The molecular formula is C24H18ClN3O3. The number of aromatic hydroxyl groups is 2. The molecule has 0 aliphatic carbocycles. The van der Waals surface area contributed by atoms with Crippen molar-refractivity contribution in [3.05, 3.63) is 88.9 Å². The minimum Gasteiger partial charge on any atom is -0.508 e. The molecule has 3 N–H and O–H groups in total. The number of hydrazone groups is 1. The lowest BCUT2D eigenvalue weighted by Gasteiger charge is -2.10. The normalized spacial score (nSPS) is 11.5. The van der Waals surface area contributed by atoms with Gasteiger partial charge in [0.05, 0.1) is 22.5 Å². The molecule has 1 aromatic heterocycles. The average molecular weight is 432 g/mol. The SMILES string of the molecule is C/C(=N\NC(=O)c1cc(-c2ccccc2Cl)nc2ccccc12)c1ccc(O)cc1O. The van der Waals surface area contributed by atoms with Gasteiger partial charge in [-0.1, -0.05) is 48.0 Å². The van der Waals surface area contributed by atoms with Gasteiger partial charge in [-0.05, 0) is 37.3 Å². The van der Waals surface area contributed by atoms with Gasteiger partial charge in [0, 0.05) is 27.6 Å². The van der Waals surface area contributed by atoms with Crippen molar-refractivity contribution in [1.29, 1.82) is 0 Å². The van der Waals surface area contributed by atoms with E-state index in [1.54, 1.807) is 19.1 Å². The van der Waals surface area contributed by atoms with Gasteiger partial charge in [0.25, 0.3) is 5.91 Å². The fourth-order valence-electron chi connectivity index (χ4n) is 3.25. The van der Waals surface area contributed by atoms with Crippen LogP contribution in [-0.2, 0) is 0 Å². The molecule has 0 atom stereocenters. The number of phenols is 2. The molecule has 0 spiro atoms. The summed E-state index contributed by atoms with van der Waals surface area (Å²) in [6.45, 7) is 1.65. The van der Waals surface area contributed by atoms with E-state index in [1.165, 1.54) is 18.2 Å². The number of carbonyl (C=O) groups is 1. The fourth-order valence-corrected chi connectivity index (χ4v) is 3.48. The number of pyridine rings is 1. The predicted octanol–water partition coefficient (Wildman–Crippen LogP) is 5.12. The first-order chi connectivity index (χ1) is 14.9. The molecule has 4 rings (SSSR count). The molecule has 7 heteroatoms. The molecule has 1 amide bonds. The van der Waals surface area contributed by atoms with Crippen LogP contribution >= 0.6 is 11.6 Å². The lowest BCUT2D eigenvalue weighted by Crippen LogP contribution is -2.20. The number of nitrogens with zero attached hydrogens (tertiary/aromatic N) is 2. The summed E-state index contributed by atoms with van der Waals surface area (Å²) in [5.41, 5.74) is 5.67. The van der Waals surface area contributed by atoms with Crippen molar-refractivity contribution in [1.82, 2.24) is 10.4 Å². The Morgan fingerprint density at radius 3 is 2.48 bits per heavy atom. The number of fused-ring (bicyclic) bond motifs is 1. The lowest BCUT2D eigenvalue weighted by molar-refractivity contribution is 0.0956. The molecule has 0 bridgehead atoms. The topological polar surface area (TPSA) is 94.8 Å². The number of nitrogens with one attached hydrogen (secondary N) is 1. The summed E-state index contributed by atoms with van der Waals surface area (Å²) >= 11 is 6.33. The average Bonchev–Trinajstić information content (AvgIpc) is 2.77.